The number of nitrogens with two attached hydrogens (primary N) is 1. The van der Waals surface area contributed by atoms with Gasteiger partial charge in [-0.2, -0.15) is 0 Å². The number of imidazole rings is 1. The monoisotopic (exact) mass is 441 g/mol. The van der Waals surface area contributed by atoms with E-state index in [1.807, 2.05) is 12.1 Å². The number of aliphatic hydroxyl groups excluding tert-OH is 3. The van der Waals surface area contributed by atoms with Gasteiger partial charge in [-0.3, -0.25) is 4.57 Å². The maximum Gasteiger partial charge on any atom is 0.181 e. The van der Waals surface area contributed by atoms with Gasteiger partial charge in [0.15, 0.2) is 17.2 Å². The molecular formula is C15H16BrN5O4S. The number of hydrogen-bond donors (Lipinski definition) is 4. The number of anilines is 1. The molecule has 4 atom stereocenters. The fraction of sp³-hybridized carbons (Fsp3) is 0.400. The predicted octanol–water partition coefficient (Wildman–Crippen LogP) is 0.241. The highest BCUT2D eigenvalue weighted by molar-refractivity contribution is 9.11. The molecule has 0 amide bonds. The van der Waals surface area contributed by atoms with Crippen LogP contribution < -0.4 is 5.73 Å². The molecule has 1 aliphatic rings. The van der Waals surface area contributed by atoms with Crippen molar-refractivity contribution < 1.29 is 20.1 Å². The number of rotatable bonds is 4. The minimum atomic E-state index is -1.40. The number of fused-ring (bicyclic) bond motifs is 1. The topological polar surface area (TPSA) is 140 Å². The van der Waals surface area contributed by atoms with Crippen molar-refractivity contribution in [3.63, 3.8) is 0 Å². The first-order valence-electron chi connectivity index (χ1n) is 7.79. The summed E-state index contributed by atoms with van der Waals surface area (Å²) in [5, 5.41) is 30.8. The van der Waals surface area contributed by atoms with E-state index in [-0.39, 0.29) is 12.2 Å². The lowest BCUT2D eigenvalue weighted by molar-refractivity contribution is -0.144. The molecule has 9 nitrogen and oxygen atoms in total. The number of nitrogens with zero attached hydrogens (tertiary/aromatic N) is 4. The largest absolute Gasteiger partial charge is 0.394 e. The first-order valence-corrected chi connectivity index (χ1v) is 9.40. The first kappa shape index (κ1) is 17.8. The molecule has 11 heteroatoms. The lowest BCUT2D eigenvalue weighted by atomic mass is 9.98. The Bertz CT molecular complexity index is 949. The van der Waals surface area contributed by atoms with Gasteiger partial charge in [0.05, 0.1) is 16.7 Å². The Balaban J connectivity index is 1.89. The molecule has 0 unspecified atom stereocenters. The van der Waals surface area contributed by atoms with E-state index in [1.54, 1.807) is 4.57 Å². The van der Waals surface area contributed by atoms with E-state index in [0.29, 0.717) is 11.2 Å². The summed E-state index contributed by atoms with van der Waals surface area (Å²) in [5.41, 5.74) is 5.21. The van der Waals surface area contributed by atoms with Crippen molar-refractivity contribution in [3.8, 4) is 0 Å². The van der Waals surface area contributed by atoms with E-state index in [1.165, 1.54) is 24.0 Å². The predicted molar refractivity (Wildman–Crippen MR) is 97.4 cm³/mol. The quantitative estimate of drug-likeness (QED) is 0.451. The molecule has 0 radical (unpaired) electrons. The lowest BCUT2D eigenvalue weighted by Gasteiger charge is -2.33. The van der Waals surface area contributed by atoms with E-state index >= 15 is 0 Å². The van der Waals surface area contributed by atoms with Gasteiger partial charge in [0.25, 0.3) is 0 Å². The summed E-state index contributed by atoms with van der Waals surface area (Å²) in [4.78, 5) is 13.3. The molecule has 138 valence electrons. The zero-order valence-electron chi connectivity index (χ0n) is 13.4. The lowest BCUT2D eigenvalue weighted by Crippen LogP contribution is -2.47. The van der Waals surface area contributed by atoms with Gasteiger partial charge in [0, 0.05) is 11.3 Å². The molecule has 3 aromatic rings. The van der Waals surface area contributed by atoms with Gasteiger partial charge in [0.1, 0.15) is 30.2 Å². The van der Waals surface area contributed by atoms with Crippen molar-refractivity contribution in [1.29, 1.82) is 0 Å². The zero-order valence-corrected chi connectivity index (χ0v) is 15.8. The second kappa shape index (κ2) is 6.51. The van der Waals surface area contributed by atoms with E-state index < -0.39 is 30.6 Å². The molecule has 0 bridgehead atoms. The van der Waals surface area contributed by atoms with Crippen LogP contribution in [0.3, 0.4) is 0 Å². The minimum Gasteiger partial charge on any atom is -0.394 e. The molecule has 1 saturated heterocycles. The third kappa shape index (κ3) is 2.63. The molecule has 0 spiro atoms. The maximum atomic E-state index is 10.9. The molecule has 26 heavy (non-hydrogen) atoms. The summed E-state index contributed by atoms with van der Waals surface area (Å²) >= 11 is 4.90. The first-order chi connectivity index (χ1) is 12.5. The van der Waals surface area contributed by atoms with Crippen LogP contribution in [-0.2, 0) is 16.9 Å². The maximum absolute atomic E-state index is 10.9. The summed E-state index contributed by atoms with van der Waals surface area (Å²) in [5.74, 6) is 0.203. The van der Waals surface area contributed by atoms with Gasteiger partial charge in [-0.05, 0) is 28.1 Å². The summed E-state index contributed by atoms with van der Waals surface area (Å²) in [7, 11) is 0. The van der Waals surface area contributed by atoms with Crippen LogP contribution in [0, 0.1) is 0 Å². The fourth-order valence-corrected chi connectivity index (χ4v) is 4.83. The van der Waals surface area contributed by atoms with Gasteiger partial charge in [-0.1, -0.05) is 0 Å². The van der Waals surface area contributed by atoms with Crippen molar-refractivity contribution >= 4 is 44.2 Å². The molecule has 0 aliphatic carbocycles. The summed E-state index contributed by atoms with van der Waals surface area (Å²) < 4.78 is 8.47. The van der Waals surface area contributed by atoms with Crippen molar-refractivity contribution in [3.05, 3.63) is 33.5 Å². The summed E-state index contributed by atoms with van der Waals surface area (Å²) in [6.07, 6.45) is -0.521. The minimum absolute atomic E-state index is 0.203. The van der Waals surface area contributed by atoms with Gasteiger partial charge in [-0.25, -0.2) is 15.0 Å². The number of ether oxygens (including phenoxy) is 1. The molecular weight excluding hydrogens is 426 g/mol. The Morgan fingerprint density at radius 1 is 1.31 bits per heavy atom. The van der Waals surface area contributed by atoms with Crippen molar-refractivity contribution in [2.24, 2.45) is 0 Å². The Kier molecular flexibility index (Phi) is 4.45. The van der Waals surface area contributed by atoms with Gasteiger partial charge in [0.2, 0.25) is 0 Å². The van der Waals surface area contributed by atoms with Crippen molar-refractivity contribution in [2.75, 3.05) is 12.3 Å². The average Bonchev–Trinajstić information content (AvgIpc) is 3.29. The van der Waals surface area contributed by atoms with Crippen LogP contribution in [0.1, 0.15) is 4.88 Å². The van der Waals surface area contributed by atoms with Gasteiger partial charge < -0.3 is 25.8 Å². The summed E-state index contributed by atoms with van der Waals surface area (Å²) in [6.45, 7) is -0.433. The Morgan fingerprint density at radius 2 is 2.12 bits per heavy atom. The van der Waals surface area contributed by atoms with E-state index in [2.05, 4.69) is 30.9 Å². The molecule has 0 saturated carbocycles. The highest BCUT2D eigenvalue weighted by atomic mass is 79.9. The number of nitrogen functional groups attached to an aromatic ring is 1. The van der Waals surface area contributed by atoms with Gasteiger partial charge >= 0.3 is 0 Å². The Hall–Kier alpha value is -1.63. The van der Waals surface area contributed by atoms with Crippen LogP contribution in [0.4, 0.5) is 5.82 Å². The standard InChI is InChI=1S/C15H16BrN5O4S/c16-9-2-1-7(26-9)3-15(12(24)11(23)8(4-22)25-15)21-6-20-10-13(17)18-5-19-14(10)21/h1-2,5-6,8,11-12,22-24H,3-4H2,(H2,17,18,19)/t8-,11-,12-,15-/m1/s1. The van der Waals surface area contributed by atoms with Crippen molar-refractivity contribution in [2.45, 2.75) is 30.5 Å². The SMILES string of the molecule is Nc1ncnc2c1ncn2[C@]1(Cc2ccc(Br)s2)O[C@H](CO)[C@@H](O)[C@H]1O. The van der Waals surface area contributed by atoms with Crippen LogP contribution >= 0.6 is 27.3 Å². The van der Waals surface area contributed by atoms with Crippen molar-refractivity contribution in [1.82, 2.24) is 19.5 Å². The van der Waals surface area contributed by atoms with E-state index in [4.69, 9.17) is 10.5 Å². The molecule has 1 fully saturated rings. The smallest absolute Gasteiger partial charge is 0.181 e. The number of aromatic nitrogens is 4. The second-order valence-electron chi connectivity index (χ2n) is 6.05. The van der Waals surface area contributed by atoms with E-state index in [0.717, 1.165) is 8.66 Å². The molecule has 4 heterocycles. The van der Waals surface area contributed by atoms with Crippen LogP contribution in [0.2, 0.25) is 0 Å². The third-order valence-corrected chi connectivity index (χ3v) is 6.15. The number of aliphatic hydroxyl groups is 3. The van der Waals surface area contributed by atoms with Crippen LogP contribution in [0.25, 0.3) is 11.2 Å². The normalized spacial score (nSPS) is 28.8. The summed E-state index contributed by atoms with van der Waals surface area (Å²) in [6, 6.07) is 3.79. The number of thiophene rings is 1. The molecule has 0 aromatic carbocycles. The molecule has 4 rings (SSSR count). The second-order valence-corrected chi connectivity index (χ2v) is 8.59. The Labute approximate surface area is 160 Å². The van der Waals surface area contributed by atoms with Gasteiger partial charge in [-0.15, -0.1) is 11.3 Å². The van der Waals surface area contributed by atoms with Crippen LogP contribution in [0.15, 0.2) is 28.6 Å². The molecule has 3 aromatic heterocycles. The highest BCUT2D eigenvalue weighted by Crippen LogP contribution is 2.41. The Morgan fingerprint density at radius 3 is 2.77 bits per heavy atom. The molecule has 1 aliphatic heterocycles. The van der Waals surface area contributed by atoms with Crippen LogP contribution in [-0.4, -0.2) is 59.8 Å². The average molecular weight is 442 g/mol. The third-order valence-electron chi connectivity index (χ3n) is 4.53. The number of hydrogen-bond acceptors (Lipinski definition) is 9. The zero-order chi connectivity index (χ0) is 18.5. The molecule has 5 N–H and O–H groups in total. The van der Waals surface area contributed by atoms with Crippen LogP contribution in [0.5, 0.6) is 0 Å². The highest BCUT2D eigenvalue weighted by Gasteiger charge is 2.56. The van der Waals surface area contributed by atoms with E-state index in [9.17, 15) is 15.3 Å². The fourth-order valence-electron chi connectivity index (χ4n) is 3.27. The number of halogens is 1.